The van der Waals surface area contributed by atoms with Gasteiger partial charge in [0.2, 0.25) is 5.91 Å². The molecule has 0 unspecified atom stereocenters. The minimum Gasteiger partial charge on any atom is -0.490 e. The lowest BCUT2D eigenvalue weighted by molar-refractivity contribution is -0.117. The van der Waals surface area contributed by atoms with E-state index in [1.807, 2.05) is 18.2 Å². The lowest BCUT2D eigenvalue weighted by atomic mass is 9.98. The van der Waals surface area contributed by atoms with Gasteiger partial charge in [0.15, 0.2) is 11.5 Å². The Morgan fingerprint density at radius 2 is 1.97 bits per heavy atom. The number of rotatable bonds is 8. The van der Waals surface area contributed by atoms with Crippen molar-refractivity contribution in [1.29, 1.82) is 5.26 Å². The zero-order chi connectivity index (χ0) is 21.6. The predicted octanol–water partition coefficient (Wildman–Crippen LogP) is 5.58. The van der Waals surface area contributed by atoms with E-state index in [4.69, 9.17) is 9.47 Å². The fraction of sp³-hybridized carbons (Fsp3) is 0.462. The summed E-state index contributed by atoms with van der Waals surface area (Å²) in [5, 5.41) is 9.17. The summed E-state index contributed by atoms with van der Waals surface area (Å²) in [4.78, 5) is 14.5. The fourth-order valence-electron chi connectivity index (χ4n) is 4.43. The molecule has 0 aromatic heterocycles. The van der Waals surface area contributed by atoms with Gasteiger partial charge in [-0.15, -0.1) is 0 Å². The van der Waals surface area contributed by atoms with Crippen LogP contribution < -0.4 is 14.4 Å². The van der Waals surface area contributed by atoms with Gasteiger partial charge in [0.25, 0.3) is 0 Å². The molecule has 0 N–H and O–H groups in total. The summed E-state index contributed by atoms with van der Waals surface area (Å²) in [6.45, 7) is 3.44. The molecule has 1 saturated carbocycles. The van der Waals surface area contributed by atoms with Gasteiger partial charge in [0.05, 0.1) is 24.3 Å². The van der Waals surface area contributed by atoms with Crippen LogP contribution in [0.3, 0.4) is 0 Å². The third-order valence-electron chi connectivity index (χ3n) is 6.20. The number of amides is 1. The average molecular weight is 419 g/mol. The van der Waals surface area contributed by atoms with Gasteiger partial charge in [-0.2, -0.15) is 5.26 Å². The van der Waals surface area contributed by atoms with Gasteiger partial charge in [0.1, 0.15) is 0 Å². The topological polar surface area (TPSA) is 62.6 Å². The highest BCUT2D eigenvalue weighted by atomic mass is 16.5. The van der Waals surface area contributed by atoms with E-state index in [2.05, 4.69) is 25.1 Å². The third-order valence-corrected chi connectivity index (χ3v) is 6.20. The molecule has 0 spiro atoms. The number of carbonyl (C=O) groups excluding carboxylic acids is 1. The molecule has 1 aliphatic heterocycles. The first-order valence-electron chi connectivity index (χ1n) is 11.4. The molecule has 2 aliphatic rings. The molecule has 31 heavy (non-hydrogen) atoms. The second kappa shape index (κ2) is 9.87. The molecule has 1 atom stereocenters. The van der Waals surface area contributed by atoms with Crippen LogP contribution in [0.1, 0.15) is 68.9 Å². The van der Waals surface area contributed by atoms with E-state index in [0.717, 1.165) is 48.4 Å². The summed E-state index contributed by atoms with van der Waals surface area (Å²) in [5.41, 5.74) is 2.45. The number of hydrogen-bond donors (Lipinski definition) is 0. The van der Waals surface area contributed by atoms with Crippen LogP contribution in [-0.4, -0.2) is 25.2 Å². The van der Waals surface area contributed by atoms with E-state index in [-0.39, 0.29) is 17.9 Å². The van der Waals surface area contributed by atoms with Crippen molar-refractivity contribution in [3.8, 4) is 17.6 Å². The van der Waals surface area contributed by atoms with Crippen molar-refractivity contribution in [1.82, 2.24) is 0 Å². The van der Waals surface area contributed by atoms with Crippen molar-refractivity contribution in [3.05, 3.63) is 53.6 Å². The van der Waals surface area contributed by atoms with Crippen LogP contribution in [0, 0.1) is 11.3 Å². The molecule has 0 radical (unpaired) electrons. The SMILES string of the molecule is CCCCOc1ccc([C@H]2CC(=O)N(c3cccc(C#N)c3)C2)cc1OC1CCCC1. The Morgan fingerprint density at radius 1 is 1.13 bits per heavy atom. The number of carbonyl (C=O) groups is 1. The molecule has 1 heterocycles. The first-order chi connectivity index (χ1) is 15.2. The maximum absolute atomic E-state index is 12.8. The highest BCUT2D eigenvalue weighted by Gasteiger charge is 2.32. The van der Waals surface area contributed by atoms with Crippen LogP contribution in [0.15, 0.2) is 42.5 Å². The third kappa shape index (κ3) is 5.02. The molecule has 2 fully saturated rings. The molecule has 5 heteroatoms. The zero-order valence-electron chi connectivity index (χ0n) is 18.2. The van der Waals surface area contributed by atoms with E-state index in [1.54, 1.807) is 17.0 Å². The summed E-state index contributed by atoms with van der Waals surface area (Å²) < 4.78 is 12.4. The quantitative estimate of drug-likeness (QED) is 0.525. The molecule has 1 aliphatic carbocycles. The fourth-order valence-corrected chi connectivity index (χ4v) is 4.43. The first kappa shape index (κ1) is 21.2. The van der Waals surface area contributed by atoms with E-state index in [0.29, 0.717) is 25.1 Å². The van der Waals surface area contributed by atoms with Crippen molar-refractivity contribution in [2.75, 3.05) is 18.1 Å². The smallest absolute Gasteiger partial charge is 0.227 e. The van der Waals surface area contributed by atoms with Gasteiger partial charge >= 0.3 is 0 Å². The van der Waals surface area contributed by atoms with Gasteiger partial charge in [-0.05, 0) is 68.0 Å². The second-order valence-corrected chi connectivity index (χ2v) is 8.50. The van der Waals surface area contributed by atoms with Gasteiger partial charge < -0.3 is 14.4 Å². The molecule has 5 nitrogen and oxygen atoms in total. The zero-order valence-corrected chi connectivity index (χ0v) is 18.2. The summed E-state index contributed by atoms with van der Waals surface area (Å²) >= 11 is 0. The van der Waals surface area contributed by atoms with Crippen molar-refractivity contribution < 1.29 is 14.3 Å². The molecule has 1 amide bonds. The standard InChI is InChI=1S/C26H30N2O3/c1-2-3-13-30-24-12-11-20(15-25(24)31-23-9-4-5-10-23)21-16-26(29)28(18-21)22-8-6-7-19(14-22)17-27/h6-8,11-12,14-15,21,23H,2-5,9-10,13,16,18H2,1H3/t21-/m0/s1. The maximum atomic E-state index is 12.8. The number of nitriles is 1. The largest absolute Gasteiger partial charge is 0.490 e. The minimum atomic E-state index is 0.0848. The molecule has 2 aromatic carbocycles. The first-order valence-corrected chi connectivity index (χ1v) is 11.4. The summed E-state index contributed by atoms with van der Waals surface area (Å²) in [5.74, 6) is 1.78. The van der Waals surface area contributed by atoms with E-state index < -0.39 is 0 Å². The Bertz CT molecular complexity index is 959. The lowest BCUT2D eigenvalue weighted by Gasteiger charge is -2.20. The molecule has 2 aromatic rings. The number of anilines is 1. The molecule has 4 rings (SSSR count). The summed E-state index contributed by atoms with van der Waals surface area (Å²) in [6, 6.07) is 15.5. The number of hydrogen-bond acceptors (Lipinski definition) is 4. The highest BCUT2D eigenvalue weighted by molar-refractivity contribution is 5.96. The number of ether oxygens (including phenoxy) is 2. The molecule has 162 valence electrons. The Kier molecular flexibility index (Phi) is 6.76. The monoisotopic (exact) mass is 418 g/mol. The average Bonchev–Trinajstić information content (AvgIpc) is 3.44. The Morgan fingerprint density at radius 3 is 2.74 bits per heavy atom. The predicted molar refractivity (Wildman–Crippen MR) is 121 cm³/mol. The second-order valence-electron chi connectivity index (χ2n) is 8.50. The van der Waals surface area contributed by atoms with E-state index >= 15 is 0 Å². The Labute approximate surface area is 184 Å². The highest BCUT2D eigenvalue weighted by Crippen LogP contribution is 2.38. The van der Waals surface area contributed by atoms with Crippen molar-refractivity contribution in [2.24, 2.45) is 0 Å². The van der Waals surface area contributed by atoms with Crippen LogP contribution in [0.5, 0.6) is 11.5 Å². The summed E-state index contributed by atoms with van der Waals surface area (Å²) in [7, 11) is 0. The van der Waals surface area contributed by atoms with E-state index in [9.17, 15) is 10.1 Å². The normalized spacial score (nSPS) is 18.9. The van der Waals surface area contributed by atoms with Crippen molar-refractivity contribution in [3.63, 3.8) is 0 Å². The Balaban J connectivity index is 1.54. The molecule has 1 saturated heterocycles. The van der Waals surface area contributed by atoms with E-state index in [1.165, 1.54) is 12.8 Å². The van der Waals surface area contributed by atoms with Crippen LogP contribution in [0.4, 0.5) is 5.69 Å². The van der Waals surface area contributed by atoms with Crippen LogP contribution in [0.2, 0.25) is 0 Å². The maximum Gasteiger partial charge on any atom is 0.227 e. The van der Waals surface area contributed by atoms with Crippen LogP contribution >= 0.6 is 0 Å². The van der Waals surface area contributed by atoms with Gasteiger partial charge in [-0.25, -0.2) is 0 Å². The van der Waals surface area contributed by atoms with Gasteiger partial charge in [-0.3, -0.25) is 4.79 Å². The minimum absolute atomic E-state index is 0.0848. The molecule has 0 bridgehead atoms. The summed E-state index contributed by atoms with van der Waals surface area (Å²) in [6.07, 6.45) is 7.40. The number of benzene rings is 2. The number of nitrogens with zero attached hydrogens (tertiary/aromatic N) is 2. The van der Waals surface area contributed by atoms with Gasteiger partial charge in [0, 0.05) is 24.6 Å². The molecular weight excluding hydrogens is 388 g/mol. The van der Waals surface area contributed by atoms with Crippen LogP contribution in [-0.2, 0) is 4.79 Å². The Hall–Kier alpha value is -3.00. The van der Waals surface area contributed by atoms with Crippen molar-refractivity contribution >= 4 is 11.6 Å². The number of unbranched alkanes of at least 4 members (excludes halogenated alkanes) is 1. The lowest BCUT2D eigenvalue weighted by Crippen LogP contribution is -2.24. The van der Waals surface area contributed by atoms with Gasteiger partial charge in [-0.1, -0.05) is 25.5 Å². The van der Waals surface area contributed by atoms with Crippen LogP contribution in [0.25, 0.3) is 0 Å². The molecular formula is C26H30N2O3. The van der Waals surface area contributed by atoms with Crippen molar-refractivity contribution in [2.45, 2.75) is 63.9 Å².